The van der Waals surface area contributed by atoms with Crippen LogP contribution in [0.3, 0.4) is 0 Å². The van der Waals surface area contributed by atoms with Crippen LogP contribution in [0.4, 0.5) is 0 Å². The van der Waals surface area contributed by atoms with E-state index in [9.17, 15) is 0 Å². The molecule has 0 N–H and O–H groups in total. The zero-order valence-corrected chi connectivity index (χ0v) is 14.2. The lowest BCUT2D eigenvalue weighted by Crippen LogP contribution is -2.60. The number of ether oxygens (including phenoxy) is 2. The summed E-state index contributed by atoms with van der Waals surface area (Å²) in [5.74, 6) is 4.40. The lowest BCUT2D eigenvalue weighted by molar-refractivity contribution is -0.00757. The highest BCUT2D eigenvalue weighted by molar-refractivity contribution is 5.46. The maximum Gasteiger partial charge on any atom is 0.231 e. The summed E-state index contributed by atoms with van der Waals surface area (Å²) in [6.45, 7) is 5.57. The highest BCUT2D eigenvalue weighted by Gasteiger charge is 2.53. The summed E-state index contributed by atoms with van der Waals surface area (Å²) in [6, 6.07) is 8.18. The van der Waals surface area contributed by atoms with Gasteiger partial charge in [0.05, 0.1) is 0 Å². The molecule has 4 nitrogen and oxygen atoms in total. The van der Waals surface area contributed by atoms with Crippen molar-refractivity contribution in [2.24, 2.45) is 11.8 Å². The van der Waals surface area contributed by atoms with Gasteiger partial charge in [-0.3, -0.25) is 9.80 Å². The largest absolute Gasteiger partial charge is 0.454 e. The average molecular weight is 326 g/mol. The molecule has 4 saturated heterocycles. The fourth-order valence-corrected chi connectivity index (χ4v) is 5.82. The minimum Gasteiger partial charge on any atom is -0.454 e. The van der Waals surface area contributed by atoms with Gasteiger partial charge in [-0.15, -0.1) is 0 Å². The summed E-state index contributed by atoms with van der Waals surface area (Å²) >= 11 is 0. The Kier molecular flexibility index (Phi) is 2.98. The standard InChI is InChI=1S/C20H26N2O2/c1-2-13(1)10-22-11-16(15-3-4-17-18(9-15)24-12-23-17)20-19(22)14-5-7-21(20)8-6-14/h3-4,9,13-14,16,19-20H,1-2,5-8,10-12H2/t16-,19+,20+/m0/s1. The van der Waals surface area contributed by atoms with Gasteiger partial charge >= 0.3 is 0 Å². The van der Waals surface area contributed by atoms with Gasteiger partial charge in [0.2, 0.25) is 6.79 Å². The van der Waals surface area contributed by atoms with Gasteiger partial charge in [0.15, 0.2) is 11.5 Å². The topological polar surface area (TPSA) is 24.9 Å². The molecule has 5 fully saturated rings. The van der Waals surface area contributed by atoms with Crippen molar-refractivity contribution < 1.29 is 9.47 Å². The van der Waals surface area contributed by atoms with Crippen LogP contribution < -0.4 is 9.47 Å². The molecule has 0 unspecified atom stereocenters. The van der Waals surface area contributed by atoms with Crippen LogP contribution in [0.25, 0.3) is 0 Å². The Morgan fingerprint density at radius 2 is 1.79 bits per heavy atom. The van der Waals surface area contributed by atoms with E-state index in [0.717, 1.165) is 35.4 Å². The number of rotatable bonds is 3. The fourth-order valence-electron chi connectivity index (χ4n) is 5.82. The molecule has 1 aromatic carbocycles. The van der Waals surface area contributed by atoms with Crippen LogP contribution in [0.1, 0.15) is 37.2 Å². The van der Waals surface area contributed by atoms with E-state index in [1.54, 1.807) is 0 Å². The van der Waals surface area contributed by atoms with Gasteiger partial charge in [-0.2, -0.15) is 0 Å². The van der Waals surface area contributed by atoms with Crippen LogP contribution in [0.5, 0.6) is 11.5 Å². The van der Waals surface area contributed by atoms with Crippen LogP contribution in [-0.4, -0.2) is 54.9 Å². The summed E-state index contributed by atoms with van der Waals surface area (Å²) in [7, 11) is 0. The summed E-state index contributed by atoms with van der Waals surface area (Å²) in [6.07, 6.45) is 5.74. The molecule has 1 aromatic rings. The zero-order chi connectivity index (χ0) is 15.7. The van der Waals surface area contributed by atoms with Crippen molar-refractivity contribution in [1.29, 1.82) is 0 Å². The molecule has 1 aliphatic carbocycles. The van der Waals surface area contributed by atoms with E-state index < -0.39 is 0 Å². The molecule has 2 bridgehead atoms. The first-order chi connectivity index (χ1) is 11.9. The molecule has 1 saturated carbocycles. The highest BCUT2D eigenvalue weighted by Crippen LogP contribution is 2.48. The Labute approximate surface area is 143 Å². The van der Waals surface area contributed by atoms with E-state index in [4.69, 9.17) is 9.47 Å². The van der Waals surface area contributed by atoms with E-state index in [0.29, 0.717) is 12.7 Å². The van der Waals surface area contributed by atoms with Crippen LogP contribution in [0.15, 0.2) is 18.2 Å². The molecular weight excluding hydrogens is 300 g/mol. The Morgan fingerprint density at radius 1 is 0.958 bits per heavy atom. The Bertz CT molecular complexity index is 651. The van der Waals surface area contributed by atoms with Crippen LogP contribution in [-0.2, 0) is 0 Å². The molecular formula is C20H26N2O2. The van der Waals surface area contributed by atoms with Crippen LogP contribution in [0, 0.1) is 11.8 Å². The predicted octanol–water partition coefficient (Wildman–Crippen LogP) is 2.69. The lowest BCUT2D eigenvalue weighted by Gasteiger charge is -2.51. The number of piperidine rings is 3. The Balaban J connectivity index is 1.35. The maximum atomic E-state index is 5.65. The van der Waals surface area contributed by atoms with E-state index in [2.05, 4.69) is 28.0 Å². The molecule has 0 aromatic heterocycles. The number of likely N-dealkylation sites (tertiary alicyclic amines) is 1. The second-order valence-electron chi connectivity index (χ2n) is 8.47. The SMILES string of the molecule is c1cc2c(cc1[C@@H]1CN(CC3CC3)[C@@H]3C4CCN(CC4)[C@@H]31)OCO2. The van der Waals surface area contributed by atoms with Crippen molar-refractivity contribution in [3.8, 4) is 11.5 Å². The Hall–Kier alpha value is -1.26. The third-order valence-electron chi connectivity index (χ3n) is 7.11. The summed E-state index contributed by atoms with van der Waals surface area (Å²) in [5.41, 5.74) is 1.46. The van der Waals surface area contributed by atoms with Gasteiger partial charge in [-0.25, -0.2) is 0 Å². The minimum atomic E-state index is 0.373. The normalized spacial score (nSPS) is 40.1. The van der Waals surface area contributed by atoms with Crippen LogP contribution >= 0.6 is 0 Å². The summed E-state index contributed by atoms with van der Waals surface area (Å²) in [5, 5.41) is 0. The monoisotopic (exact) mass is 326 g/mol. The van der Waals surface area contributed by atoms with E-state index in [1.165, 1.54) is 57.4 Å². The summed E-state index contributed by atoms with van der Waals surface area (Å²) < 4.78 is 11.2. The second-order valence-corrected chi connectivity index (χ2v) is 8.47. The number of nitrogens with zero attached hydrogens (tertiary/aromatic N) is 2. The van der Waals surface area contributed by atoms with Crippen molar-refractivity contribution in [1.82, 2.24) is 9.80 Å². The highest BCUT2D eigenvalue weighted by atomic mass is 16.7. The molecule has 0 radical (unpaired) electrons. The number of hydrogen-bond acceptors (Lipinski definition) is 4. The molecule has 6 aliphatic rings. The fraction of sp³-hybridized carbons (Fsp3) is 0.700. The quantitative estimate of drug-likeness (QED) is 0.853. The molecule has 24 heavy (non-hydrogen) atoms. The first-order valence-electron chi connectivity index (χ1n) is 9.74. The molecule has 128 valence electrons. The van der Waals surface area contributed by atoms with Crippen molar-refractivity contribution >= 4 is 0 Å². The van der Waals surface area contributed by atoms with Gasteiger partial charge in [0.1, 0.15) is 0 Å². The lowest BCUT2D eigenvalue weighted by atomic mass is 9.75. The Morgan fingerprint density at radius 3 is 2.62 bits per heavy atom. The first kappa shape index (κ1) is 14.0. The zero-order valence-electron chi connectivity index (χ0n) is 14.2. The van der Waals surface area contributed by atoms with Gasteiger partial charge in [0, 0.05) is 31.1 Å². The number of benzene rings is 1. The molecule has 5 heterocycles. The van der Waals surface area contributed by atoms with E-state index in [-0.39, 0.29) is 0 Å². The molecule has 5 aliphatic heterocycles. The molecule has 4 heteroatoms. The number of hydrogen-bond donors (Lipinski definition) is 0. The molecule has 7 rings (SSSR count). The van der Waals surface area contributed by atoms with Gasteiger partial charge in [-0.1, -0.05) is 6.07 Å². The maximum absolute atomic E-state index is 5.65. The summed E-state index contributed by atoms with van der Waals surface area (Å²) in [4.78, 5) is 5.67. The first-order valence-corrected chi connectivity index (χ1v) is 9.74. The number of fused-ring (bicyclic) bond motifs is 3. The van der Waals surface area contributed by atoms with Crippen molar-refractivity contribution in [3.05, 3.63) is 23.8 Å². The van der Waals surface area contributed by atoms with Crippen molar-refractivity contribution in [2.75, 3.05) is 33.0 Å². The van der Waals surface area contributed by atoms with Gasteiger partial charge < -0.3 is 9.47 Å². The van der Waals surface area contributed by atoms with Gasteiger partial charge in [0.25, 0.3) is 0 Å². The molecule has 0 amide bonds. The molecule has 0 spiro atoms. The van der Waals surface area contributed by atoms with Gasteiger partial charge in [-0.05, 0) is 68.3 Å². The minimum absolute atomic E-state index is 0.373. The van der Waals surface area contributed by atoms with Crippen LogP contribution in [0.2, 0.25) is 0 Å². The molecule has 3 atom stereocenters. The van der Waals surface area contributed by atoms with Crippen molar-refractivity contribution in [2.45, 2.75) is 43.7 Å². The third kappa shape index (κ3) is 2.05. The van der Waals surface area contributed by atoms with E-state index in [1.807, 2.05) is 0 Å². The average Bonchev–Trinajstić information content (AvgIpc) is 3.17. The van der Waals surface area contributed by atoms with E-state index >= 15 is 0 Å². The van der Waals surface area contributed by atoms with Crippen molar-refractivity contribution in [3.63, 3.8) is 0 Å². The predicted molar refractivity (Wildman–Crippen MR) is 91.5 cm³/mol. The third-order valence-corrected chi connectivity index (χ3v) is 7.11. The smallest absolute Gasteiger partial charge is 0.231 e. The second kappa shape index (κ2) is 5.12.